The zero-order valence-corrected chi connectivity index (χ0v) is 11.3. The fourth-order valence-electron chi connectivity index (χ4n) is 2.25. The van der Waals surface area contributed by atoms with E-state index in [0.717, 1.165) is 0 Å². The van der Waals surface area contributed by atoms with Crippen molar-refractivity contribution in [2.75, 3.05) is 7.11 Å². The molecule has 0 saturated heterocycles. The standard InChI is InChI=1S/C14H19NO4/c1-14(2)10(7-11(14)16)15-13(18)8-5-4-6-9(19-3)12(8)17/h4-6,10-11,16-17H,7H2,1-3H3,(H,15,18). The van der Waals surface area contributed by atoms with E-state index >= 15 is 0 Å². The molecule has 2 rings (SSSR count). The highest BCUT2D eigenvalue weighted by molar-refractivity contribution is 5.97. The lowest BCUT2D eigenvalue weighted by molar-refractivity contribution is -0.0689. The highest BCUT2D eigenvalue weighted by Gasteiger charge is 2.48. The van der Waals surface area contributed by atoms with Crippen LogP contribution in [0.2, 0.25) is 0 Å². The maximum Gasteiger partial charge on any atom is 0.255 e. The van der Waals surface area contributed by atoms with E-state index in [0.29, 0.717) is 6.42 Å². The van der Waals surface area contributed by atoms with Crippen LogP contribution in [0.3, 0.4) is 0 Å². The number of amides is 1. The first-order chi connectivity index (χ1) is 8.87. The second kappa shape index (κ2) is 4.74. The summed E-state index contributed by atoms with van der Waals surface area (Å²) in [6.07, 6.45) is 0.125. The summed E-state index contributed by atoms with van der Waals surface area (Å²) in [5.74, 6) is -0.262. The number of ether oxygens (including phenoxy) is 1. The summed E-state index contributed by atoms with van der Waals surface area (Å²) < 4.78 is 4.97. The molecule has 2 unspecified atom stereocenters. The monoisotopic (exact) mass is 265 g/mol. The normalized spacial score (nSPS) is 24.4. The van der Waals surface area contributed by atoms with Crippen molar-refractivity contribution in [3.8, 4) is 11.5 Å². The Morgan fingerprint density at radius 2 is 2.16 bits per heavy atom. The summed E-state index contributed by atoms with van der Waals surface area (Å²) in [5, 5.41) is 22.4. The number of benzene rings is 1. The van der Waals surface area contributed by atoms with Crippen molar-refractivity contribution >= 4 is 5.91 Å². The number of methoxy groups -OCH3 is 1. The molecule has 0 radical (unpaired) electrons. The molecule has 5 nitrogen and oxygen atoms in total. The molecule has 5 heteroatoms. The van der Waals surface area contributed by atoms with Gasteiger partial charge in [0.05, 0.1) is 18.8 Å². The average molecular weight is 265 g/mol. The van der Waals surface area contributed by atoms with Crippen LogP contribution in [0.25, 0.3) is 0 Å². The lowest BCUT2D eigenvalue weighted by Crippen LogP contribution is -2.61. The zero-order valence-electron chi connectivity index (χ0n) is 11.3. The van der Waals surface area contributed by atoms with Crippen LogP contribution in [0, 0.1) is 5.41 Å². The molecule has 1 amide bonds. The Labute approximate surface area is 112 Å². The topological polar surface area (TPSA) is 78.8 Å². The highest BCUT2D eigenvalue weighted by Crippen LogP contribution is 2.40. The fourth-order valence-corrected chi connectivity index (χ4v) is 2.25. The third-order valence-corrected chi connectivity index (χ3v) is 3.98. The van der Waals surface area contributed by atoms with Crippen LogP contribution >= 0.6 is 0 Å². The molecule has 104 valence electrons. The number of hydrogen-bond acceptors (Lipinski definition) is 4. The van der Waals surface area contributed by atoms with Crippen molar-refractivity contribution in [3.05, 3.63) is 23.8 Å². The second-order valence-corrected chi connectivity index (χ2v) is 5.46. The summed E-state index contributed by atoms with van der Waals surface area (Å²) >= 11 is 0. The molecule has 19 heavy (non-hydrogen) atoms. The molecule has 1 aliphatic rings. The van der Waals surface area contributed by atoms with Gasteiger partial charge in [-0.2, -0.15) is 0 Å². The van der Waals surface area contributed by atoms with Gasteiger partial charge in [-0.1, -0.05) is 19.9 Å². The number of phenols is 1. The first-order valence-electron chi connectivity index (χ1n) is 6.22. The van der Waals surface area contributed by atoms with E-state index in [1.807, 2.05) is 13.8 Å². The van der Waals surface area contributed by atoms with E-state index in [2.05, 4.69) is 5.32 Å². The molecule has 1 fully saturated rings. The van der Waals surface area contributed by atoms with Gasteiger partial charge in [-0.15, -0.1) is 0 Å². The number of aromatic hydroxyl groups is 1. The minimum Gasteiger partial charge on any atom is -0.504 e. The number of hydrogen-bond donors (Lipinski definition) is 3. The van der Waals surface area contributed by atoms with Crippen LogP contribution in [0.4, 0.5) is 0 Å². The average Bonchev–Trinajstić information content (AvgIpc) is 2.38. The summed E-state index contributed by atoms with van der Waals surface area (Å²) in [4.78, 5) is 12.1. The lowest BCUT2D eigenvalue weighted by atomic mass is 9.64. The maximum absolute atomic E-state index is 12.1. The summed E-state index contributed by atoms with van der Waals surface area (Å²) in [7, 11) is 1.43. The van der Waals surface area contributed by atoms with Crippen LogP contribution in [-0.2, 0) is 0 Å². The zero-order chi connectivity index (χ0) is 14.2. The number of rotatable bonds is 3. The molecule has 0 heterocycles. The van der Waals surface area contributed by atoms with Crippen LogP contribution in [0.15, 0.2) is 18.2 Å². The van der Waals surface area contributed by atoms with Gasteiger partial charge in [-0.3, -0.25) is 4.79 Å². The van der Waals surface area contributed by atoms with Crippen molar-refractivity contribution < 1.29 is 19.7 Å². The van der Waals surface area contributed by atoms with Crippen molar-refractivity contribution in [1.29, 1.82) is 0 Å². The van der Waals surface area contributed by atoms with Crippen LogP contribution in [0.5, 0.6) is 11.5 Å². The number of para-hydroxylation sites is 1. The van der Waals surface area contributed by atoms with E-state index in [1.165, 1.54) is 13.2 Å². The summed E-state index contributed by atoms with van der Waals surface area (Å²) in [6, 6.07) is 4.67. The maximum atomic E-state index is 12.1. The van der Waals surface area contributed by atoms with Crippen LogP contribution < -0.4 is 10.1 Å². The third kappa shape index (κ3) is 2.26. The smallest absolute Gasteiger partial charge is 0.255 e. The van der Waals surface area contributed by atoms with Gasteiger partial charge in [0.25, 0.3) is 5.91 Å². The molecular formula is C14H19NO4. The van der Waals surface area contributed by atoms with Gasteiger partial charge in [-0.25, -0.2) is 0 Å². The van der Waals surface area contributed by atoms with Gasteiger partial charge in [0.15, 0.2) is 11.5 Å². The molecule has 0 bridgehead atoms. The second-order valence-electron chi connectivity index (χ2n) is 5.46. The Kier molecular flexibility index (Phi) is 3.41. The Morgan fingerprint density at radius 3 is 2.68 bits per heavy atom. The molecule has 1 aromatic rings. The SMILES string of the molecule is COc1cccc(C(=O)NC2CC(O)C2(C)C)c1O. The molecule has 1 saturated carbocycles. The molecule has 2 atom stereocenters. The van der Waals surface area contributed by atoms with E-state index < -0.39 is 6.10 Å². The minimum absolute atomic E-state index is 0.0967. The third-order valence-electron chi connectivity index (χ3n) is 3.98. The number of aliphatic hydroxyl groups is 1. The largest absolute Gasteiger partial charge is 0.504 e. The Balaban J connectivity index is 2.14. The minimum atomic E-state index is -0.406. The van der Waals surface area contributed by atoms with Gasteiger partial charge in [0, 0.05) is 11.5 Å². The Hall–Kier alpha value is -1.75. The molecule has 0 spiro atoms. The van der Waals surface area contributed by atoms with Crippen LogP contribution in [0.1, 0.15) is 30.6 Å². The molecule has 1 aromatic carbocycles. The van der Waals surface area contributed by atoms with Crippen molar-refractivity contribution in [2.45, 2.75) is 32.4 Å². The fraction of sp³-hybridized carbons (Fsp3) is 0.500. The Bertz CT molecular complexity index is 498. The van der Waals surface area contributed by atoms with Crippen molar-refractivity contribution in [2.24, 2.45) is 5.41 Å². The number of nitrogens with one attached hydrogen (secondary N) is 1. The Morgan fingerprint density at radius 1 is 1.47 bits per heavy atom. The molecule has 1 aliphatic carbocycles. The van der Waals surface area contributed by atoms with Crippen molar-refractivity contribution in [1.82, 2.24) is 5.32 Å². The van der Waals surface area contributed by atoms with E-state index in [-0.39, 0.29) is 34.4 Å². The van der Waals surface area contributed by atoms with Crippen molar-refractivity contribution in [3.63, 3.8) is 0 Å². The number of aliphatic hydroxyl groups excluding tert-OH is 1. The van der Waals surface area contributed by atoms with Gasteiger partial charge >= 0.3 is 0 Å². The summed E-state index contributed by atoms with van der Waals surface area (Å²) in [6.45, 7) is 3.80. The number of phenolic OH excluding ortho intramolecular Hbond substituents is 1. The number of carbonyl (C=O) groups is 1. The van der Waals surface area contributed by atoms with Crippen LogP contribution in [-0.4, -0.2) is 35.4 Å². The molecule has 0 aliphatic heterocycles. The molecule has 0 aromatic heterocycles. The van der Waals surface area contributed by atoms with E-state index in [4.69, 9.17) is 4.74 Å². The first-order valence-corrected chi connectivity index (χ1v) is 6.22. The quantitative estimate of drug-likeness (QED) is 0.769. The van der Waals surface area contributed by atoms with E-state index in [1.54, 1.807) is 12.1 Å². The van der Waals surface area contributed by atoms with Gasteiger partial charge in [0.1, 0.15) is 0 Å². The van der Waals surface area contributed by atoms with Gasteiger partial charge in [0.2, 0.25) is 0 Å². The lowest BCUT2D eigenvalue weighted by Gasteiger charge is -2.49. The predicted molar refractivity (Wildman–Crippen MR) is 70.3 cm³/mol. The molecular weight excluding hydrogens is 246 g/mol. The van der Waals surface area contributed by atoms with E-state index in [9.17, 15) is 15.0 Å². The van der Waals surface area contributed by atoms with Gasteiger partial charge < -0.3 is 20.3 Å². The highest BCUT2D eigenvalue weighted by atomic mass is 16.5. The summed E-state index contributed by atoms with van der Waals surface area (Å²) in [5.41, 5.74) is -0.166. The van der Waals surface area contributed by atoms with Gasteiger partial charge in [-0.05, 0) is 18.6 Å². The number of carbonyl (C=O) groups excluding carboxylic acids is 1. The first kappa shape index (κ1) is 13.7. The molecule has 3 N–H and O–H groups in total. The predicted octanol–water partition coefficient (Wildman–Crippen LogP) is 1.29.